The molecule has 2 unspecified atom stereocenters. The Hall–Kier alpha value is -1.51. The highest BCUT2D eigenvalue weighted by Gasteiger charge is 2.22. The van der Waals surface area contributed by atoms with E-state index in [0.717, 1.165) is 38.5 Å². The fourth-order valence-electron chi connectivity index (χ4n) is 9.51. The first-order valence-corrected chi connectivity index (χ1v) is 33.5. The topological polar surface area (TPSA) is 111 Å². The Bertz CT molecular complexity index is 1300. The number of hydrogen-bond acceptors (Lipinski definition) is 8. The van der Waals surface area contributed by atoms with E-state index in [4.69, 9.17) is 18.5 Å². The van der Waals surface area contributed by atoms with E-state index in [2.05, 4.69) is 38.2 Å². The van der Waals surface area contributed by atoms with Gasteiger partial charge in [-0.15, -0.1) is 0 Å². The van der Waals surface area contributed by atoms with E-state index >= 15 is 0 Å². The molecule has 0 saturated carbocycles. The van der Waals surface area contributed by atoms with Crippen LogP contribution < -0.4 is 4.89 Å². The number of nitrogens with zero attached hydrogens (tertiary/aromatic N) is 1. The van der Waals surface area contributed by atoms with Crippen molar-refractivity contribution in [1.29, 1.82) is 0 Å². The Morgan fingerprint density at radius 2 is 0.730 bits per heavy atom. The van der Waals surface area contributed by atoms with Gasteiger partial charge >= 0.3 is 11.9 Å². The number of allylic oxidation sites excluding steroid dienone is 4. The number of ether oxygens (including phenoxy) is 2. The van der Waals surface area contributed by atoms with Crippen molar-refractivity contribution in [2.45, 2.75) is 328 Å². The van der Waals surface area contributed by atoms with Crippen LogP contribution in [0.15, 0.2) is 24.3 Å². The summed E-state index contributed by atoms with van der Waals surface area (Å²) in [5, 5.41) is 0. The number of rotatable bonds is 60. The minimum absolute atomic E-state index is 0.0266. The summed E-state index contributed by atoms with van der Waals surface area (Å²) >= 11 is 0. The van der Waals surface area contributed by atoms with Gasteiger partial charge in [-0.3, -0.25) is 14.2 Å². The molecule has 2 atom stereocenters. The van der Waals surface area contributed by atoms with Crippen LogP contribution in [-0.2, 0) is 32.7 Å². The maximum atomic E-state index is 12.8. The van der Waals surface area contributed by atoms with Gasteiger partial charge < -0.3 is 27.9 Å². The first-order valence-electron chi connectivity index (χ1n) is 32.0. The lowest BCUT2D eigenvalue weighted by Crippen LogP contribution is -2.37. The van der Waals surface area contributed by atoms with Crippen LogP contribution in [0.3, 0.4) is 0 Å². The van der Waals surface area contributed by atoms with Crippen LogP contribution in [0.5, 0.6) is 0 Å². The van der Waals surface area contributed by atoms with Crippen molar-refractivity contribution >= 4 is 19.8 Å². The molecule has 438 valence electrons. The summed E-state index contributed by atoms with van der Waals surface area (Å²) in [7, 11) is 1.19. The van der Waals surface area contributed by atoms with Crippen molar-refractivity contribution < 1.29 is 42.1 Å². The molecule has 0 aromatic heterocycles. The number of likely N-dealkylation sites (N-methyl/N-ethyl adjacent to an activating group) is 1. The molecule has 10 heteroatoms. The van der Waals surface area contributed by atoms with Gasteiger partial charge in [0.15, 0.2) is 6.10 Å². The van der Waals surface area contributed by atoms with Crippen molar-refractivity contribution in [1.82, 2.24) is 0 Å². The summed E-state index contributed by atoms with van der Waals surface area (Å²) in [6.07, 6.45) is 68.5. The predicted molar refractivity (Wildman–Crippen MR) is 314 cm³/mol. The van der Waals surface area contributed by atoms with Crippen molar-refractivity contribution in [3.8, 4) is 0 Å². The second kappa shape index (κ2) is 56.2. The van der Waals surface area contributed by atoms with Crippen molar-refractivity contribution in [3.63, 3.8) is 0 Å². The number of phosphoric acid groups is 1. The van der Waals surface area contributed by atoms with Gasteiger partial charge in [0.2, 0.25) is 0 Å². The van der Waals surface area contributed by atoms with Crippen LogP contribution in [0.1, 0.15) is 322 Å². The number of unbranched alkanes of at least 4 members (excludes halogenated alkanes) is 42. The van der Waals surface area contributed by atoms with Gasteiger partial charge in [-0.25, -0.2) is 0 Å². The SMILES string of the molecule is CCCCCCC/C=C\C/C=C\CCCCCCCCCCCCCCCCCCCCCCCCCCCCCC(=O)OC(COC(=O)CCCCCCCCCCCCC)COP(=O)([O-])OCC[N+](C)(C)C. The van der Waals surface area contributed by atoms with E-state index in [1.54, 1.807) is 0 Å². The van der Waals surface area contributed by atoms with E-state index in [-0.39, 0.29) is 32.0 Å². The smallest absolute Gasteiger partial charge is 0.306 e. The molecular formula is C64H124NO8P. The minimum Gasteiger partial charge on any atom is -0.756 e. The summed E-state index contributed by atoms with van der Waals surface area (Å²) in [6, 6.07) is 0. The fourth-order valence-corrected chi connectivity index (χ4v) is 10.2. The molecule has 0 saturated heterocycles. The number of esters is 2. The molecule has 0 radical (unpaired) electrons. The average Bonchev–Trinajstić information content (AvgIpc) is 3.36. The van der Waals surface area contributed by atoms with Crippen molar-refractivity contribution in [2.24, 2.45) is 0 Å². The van der Waals surface area contributed by atoms with Crippen LogP contribution in [-0.4, -0.2) is 70.0 Å². The molecule has 0 N–H and O–H groups in total. The third-order valence-electron chi connectivity index (χ3n) is 14.5. The highest BCUT2D eigenvalue weighted by atomic mass is 31.2. The normalized spacial score (nSPS) is 13.3. The molecule has 0 aromatic carbocycles. The first kappa shape index (κ1) is 72.5. The van der Waals surface area contributed by atoms with Gasteiger partial charge in [-0.2, -0.15) is 0 Å². The zero-order valence-corrected chi connectivity index (χ0v) is 50.7. The lowest BCUT2D eigenvalue weighted by atomic mass is 10.0. The second-order valence-electron chi connectivity index (χ2n) is 23.1. The Kier molecular flexibility index (Phi) is 55.1. The lowest BCUT2D eigenvalue weighted by molar-refractivity contribution is -0.870. The fraction of sp³-hybridized carbons (Fsp3) is 0.906. The van der Waals surface area contributed by atoms with E-state index in [1.165, 1.54) is 250 Å². The number of carbonyl (C=O) groups is 2. The summed E-state index contributed by atoms with van der Waals surface area (Å²) in [4.78, 5) is 37.7. The number of hydrogen-bond donors (Lipinski definition) is 0. The number of carbonyl (C=O) groups excluding carboxylic acids is 2. The largest absolute Gasteiger partial charge is 0.756 e. The summed E-state index contributed by atoms with van der Waals surface area (Å²) in [6.45, 7) is 4.26. The summed E-state index contributed by atoms with van der Waals surface area (Å²) < 4.78 is 34.1. The van der Waals surface area contributed by atoms with Gasteiger partial charge in [0, 0.05) is 12.8 Å². The average molecular weight is 1070 g/mol. The molecule has 0 amide bonds. The zero-order chi connectivity index (χ0) is 54.2. The molecular weight excluding hydrogens is 942 g/mol. The number of quaternary nitrogens is 1. The van der Waals surface area contributed by atoms with Crippen LogP contribution in [0.25, 0.3) is 0 Å². The van der Waals surface area contributed by atoms with Crippen molar-refractivity contribution in [2.75, 3.05) is 47.5 Å². The molecule has 0 spiro atoms. The molecule has 0 aromatic rings. The lowest BCUT2D eigenvalue weighted by Gasteiger charge is -2.28. The Morgan fingerprint density at radius 3 is 1.07 bits per heavy atom. The Balaban J connectivity index is 3.82. The van der Waals surface area contributed by atoms with Crippen LogP contribution in [0, 0.1) is 0 Å². The van der Waals surface area contributed by atoms with Gasteiger partial charge in [-0.1, -0.05) is 289 Å². The zero-order valence-electron chi connectivity index (χ0n) is 49.8. The van der Waals surface area contributed by atoms with Gasteiger partial charge in [0.05, 0.1) is 27.7 Å². The van der Waals surface area contributed by atoms with Gasteiger partial charge in [-0.05, 0) is 44.9 Å². The molecule has 0 fully saturated rings. The molecule has 0 bridgehead atoms. The van der Waals surface area contributed by atoms with Crippen LogP contribution >= 0.6 is 7.82 Å². The van der Waals surface area contributed by atoms with Crippen LogP contribution in [0.4, 0.5) is 0 Å². The second-order valence-corrected chi connectivity index (χ2v) is 24.5. The van der Waals surface area contributed by atoms with Crippen molar-refractivity contribution in [3.05, 3.63) is 24.3 Å². The van der Waals surface area contributed by atoms with E-state index in [0.29, 0.717) is 17.4 Å². The van der Waals surface area contributed by atoms with Gasteiger partial charge in [0.1, 0.15) is 19.8 Å². The quantitative estimate of drug-likeness (QED) is 0.0195. The Labute approximate surface area is 459 Å². The highest BCUT2D eigenvalue weighted by molar-refractivity contribution is 7.45. The maximum Gasteiger partial charge on any atom is 0.306 e. The van der Waals surface area contributed by atoms with Gasteiger partial charge in [0.25, 0.3) is 7.82 Å². The van der Waals surface area contributed by atoms with E-state index in [1.807, 2.05) is 21.1 Å². The molecule has 0 rings (SSSR count). The van der Waals surface area contributed by atoms with E-state index < -0.39 is 26.5 Å². The molecule has 9 nitrogen and oxygen atoms in total. The minimum atomic E-state index is -4.63. The first-order chi connectivity index (χ1) is 36.0. The molecule has 0 heterocycles. The summed E-state index contributed by atoms with van der Waals surface area (Å²) in [5.74, 6) is -0.816. The highest BCUT2D eigenvalue weighted by Crippen LogP contribution is 2.38. The summed E-state index contributed by atoms with van der Waals surface area (Å²) in [5.41, 5.74) is 0. The molecule has 0 aliphatic rings. The predicted octanol–water partition coefficient (Wildman–Crippen LogP) is 19.5. The molecule has 0 aliphatic carbocycles. The third-order valence-corrected chi connectivity index (χ3v) is 15.4. The standard InChI is InChI=1S/C64H124NO8P/c1-6-8-10-12-14-16-18-19-20-21-22-23-24-25-26-27-28-29-30-31-32-33-34-35-36-37-38-39-40-41-42-43-44-45-47-49-51-53-55-57-64(67)73-62(61-72-74(68,69)71-59-58-65(3,4)5)60-70-63(66)56-54-52-50-48-46-17-15-13-11-9-7-2/h18-19,21-22,62H,6-17,20,23-61H2,1-5H3/b19-18-,22-21-. The molecule has 0 aliphatic heterocycles. The maximum absolute atomic E-state index is 12.8. The monoisotopic (exact) mass is 1070 g/mol. The van der Waals surface area contributed by atoms with E-state index in [9.17, 15) is 19.0 Å². The van der Waals surface area contributed by atoms with Crippen LogP contribution in [0.2, 0.25) is 0 Å². The number of phosphoric ester groups is 1. The third kappa shape index (κ3) is 59.7. The Morgan fingerprint density at radius 1 is 0.419 bits per heavy atom. The molecule has 74 heavy (non-hydrogen) atoms.